The van der Waals surface area contributed by atoms with Crippen LogP contribution in [0.1, 0.15) is 58.8 Å². The van der Waals surface area contributed by atoms with Gasteiger partial charge in [0.2, 0.25) is 0 Å². The number of aliphatic imine (C=N–C) groups is 1. The van der Waals surface area contributed by atoms with Gasteiger partial charge in [-0.1, -0.05) is 12.8 Å². The van der Waals surface area contributed by atoms with E-state index >= 15 is 0 Å². The van der Waals surface area contributed by atoms with E-state index in [9.17, 15) is 5.11 Å². The molecule has 0 amide bonds. The minimum Gasteiger partial charge on any atom is -0.396 e. The highest BCUT2D eigenvalue weighted by molar-refractivity contribution is 5.79. The Morgan fingerprint density at radius 2 is 1.92 bits per heavy atom. The summed E-state index contributed by atoms with van der Waals surface area (Å²) in [6, 6.07) is 0. The maximum absolute atomic E-state index is 9.40. The molecule has 0 bridgehead atoms. The molecular weight excluding hydrogens is 330 g/mol. The second kappa shape index (κ2) is 11.1. The van der Waals surface area contributed by atoms with Crippen LogP contribution in [0.5, 0.6) is 0 Å². The molecule has 2 aliphatic rings. The maximum Gasteiger partial charge on any atom is 0.191 e. The van der Waals surface area contributed by atoms with Crippen molar-refractivity contribution in [1.82, 2.24) is 10.6 Å². The highest BCUT2D eigenvalue weighted by Crippen LogP contribution is 2.40. The van der Waals surface area contributed by atoms with Crippen LogP contribution >= 0.6 is 0 Å². The van der Waals surface area contributed by atoms with Crippen LogP contribution in [-0.2, 0) is 9.47 Å². The van der Waals surface area contributed by atoms with E-state index < -0.39 is 0 Å². The standard InChI is InChI=1S/C20H39N3O3/c1-3-21-18(23-16-20(9-12-24)11-14-26-17-20)22-15-19(7-5-6-8-19)10-13-25-4-2/h24H,3-17H2,1-2H3,(H2,21,22,23). The van der Waals surface area contributed by atoms with Crippen LogP contribution in [0.15, 0.2) is 4.99 Å². The maximum atomic E-state index is 9.40. The van der Waals surface area contributed by atoms with Gasteiger partial charge in [-0.2, -0.15) is 0 Å². The zero-order chi connectivity index (χ0) is 18.7. The molecule has 1 heterocycles. The van der Waals surface area contributed by atoms with Gasteiger partial charge in [0, 0.05) is 44.9 Å². The second-order valence-electron chi connectivity index (χ2n) is 7.98. The van der Waals surface area contributed by atoms with Gasteiger partial charge in [-0.3, -0.25) is 4.99 Å². The fraction of sp³-hybridized carbons (Fsp3) is 0.950. The van der Waals surface area contributed by atoms with E-state index in [4.69, 9.17) is 14.5 Å². The molecule has 26 heavy (non-hydrogen) atoms. The number of aliphatic hydroxyl groups excluding tert-OH is 1. The number of ether oxygens (including phenoxy) is 2. The molecule has 1 aliphatic carbocycles. The Morgan fingerprint density at radius 1 is 1.12 bits per heavy atom. The lowest BCUT2D eigenvalue weighted by Gasteiger charge is -2.30. The second-order valence-corrected chi connectivity index (χ2v) is 7.98. The summed E-state index contributed by atoms with van der Waals surface area (Å²) in [6.07, 6.45) is 8.04. The molecule has 0 spiro atoms. The fourth-order valence-corrected chi connectivity index (χ4v) is 4.22. The molecule has 0 aromatic carbocycles. The van der Waals surface area contributed by atoms with Crippen molar-refractivity contribution in [3.63, 3.8) is 0 Å². The Kier molecular flexibility index (Phi) is 9.16. The van der Waals surface area contributed by atoms with Crippen molar-refractivity contribution in [1.29, 1.82) is 0 Å². The van der Waals surface area contributed by atoms with Crippen molar-refractivity contribution >= 4 is 5.96 Å². The molecule has 2 rings (SSSR count). The molecular formula is C20H39N3O3. The van der Waals surface area contributed by atoms with E-state index in [1.165, 1.54) is 25.7 Å². The van der Waals surface area contributed by atoms with Gasteiger partial charge in [0.05, 0.1) is 13.2 Å². The highest BCUT2D eigenvalue weighted by atomic mass is 16.5. The molecule has 152 valence electrons. The van der Waals surface area contributed by atoms with E-state index in [2.05, 4.69) is 24.5 Å². The van der Waals surface area contributed by atoms with Crippen molar-refractivity contribution in [2.75, 3.05) is 52.7 Å². The molecule has 1 saturated heterocycles. The van der Waals surface area contributed by atoms with Crippen LogP contribution in [0.25, 0.3) is 0 Å². The van der Waals surface area contributed by atoms with E-state index in [1.54, 1.807) is 0 Å². The Balaban J connectivity index is 1.93. The third kappa shape index (κ3) is 6.39. The lowest BCUT2D eigenvalue weighted by atomic mass is 9.83. The molecule has 6 nitrogen and oxygen atoms in total. The first-order valence-corrected chi connectivity index (χ1v) is 10.5. The van der Waals surface area contributed by atoms with Crippen molar-refractivity contribution in [2.45, 2.75) is 58.8 Å². The SMILES string of the molecule is CCNC(=NCC1(CCO)CCOC1)NCC1(CCOCC)CCCC1. The summed E-state index contributed by atoms with van der Waals surface area (Å²) >= 11 is 0. The average molecular weight is 370 g/mol. The van der Waals surface area contributed by atoms with Crippen LogP contribution in [0.2, 0.25) is 0 Å². The Morgan fingerprint density at radius 3 is 2.54 bits per heavy atom. The number of aliphatic hydroxyl groups is 1. The summed E-state index contributed by atoms with van der Waals surface area (Å²) < 4.78 is 11.2. The van der Waals surface area contributed by atoms with Crippen LogP contribution in [-0.4, -0.2) is 63.7 Å². The Hall–Kier alpha value is -0.850. The van der Waals surface area contributed by atoms with Gasteiger partial charge in [0.1, 0.15) is 0 Å². The highest BCUT2D eigenvalue weighted by Gasteiger charge is 2.35. The smallest absolute Gasteiger partial charge is 0.191 e. The number of hydrogen-bond acceptors (Lipinski definition) is 4. The zero-order valence-corrected chi connectivity index (χ0v) is 16.8. The van der Waals surface area contributed by atoms with Gasteiger partial charge in [-0.25, -0.2) is 0 Å². The minimum atomic E-state index is -0.00286. The largest absolute Gasteiger partial charge is 0.396 e. The number of rotatable bonds is 11. The average Bonchev–Trinajstić information content (AvgIpc) is 3.29. The van der Waals surface area contributed by atoms with Gasteiger partial charge in [0.25, 0.3) is 0 Å². The van der Waals surface area contributed by atoms with Crippen molar-refractivity contribution in [2.24, 2.45) is 15.8 Å². The van der Waals surface area contributed by atoms with Gasteiger partial charge < -0.3 is 25.2 Å². The number of guanidine groups is 1. The third-order valence-electron chi connectivity index (χ3n) is 6.02. The predicted molar refractivity (Wildman–Crippen MR) is 106 cm³/mol. The molecule has 1 aliphatic heterocycles. The lowest BCUT2D eigenvalue weighted by molar-refractivity contribution is 0.105. The molecule has 1 unspecified atom stereocenters. The molecule has 3 N–H and O–H groups in total. The van der Waals surface area contributed by atoms with Crippen LogP contribution in [0.4, 0.5) is 0 Å². The fourth-order valence-electron chi connectivity index (χ4n) is 4.22. The summed E-state index contributed by atoms with van der Waals surface area (Å²) in [4.78, 5) is 4.85. The van der Waals surface area contributed by atoms with Gasteiger partial charge >= 0.3 is 0 Å². The normalized spacial score (nSPS) is 25.6. The van der Waals surface area contributed by atoms with Crippen molar-refractivity contribution < 1.29 is 14.6 Å². The zero-order valence-electron chi connectivity index (χ0n) is 16.8. The molecule has 0 aromatic rings. The van der Waals surface area contributed by atoms with Gasteiger partial charge in [-0.15, -0.1) is 0 Å². The van der Waals surface area contributed by atoms with E-state index in [0.717, 1.165) is 58.1 Å². The monoisotopic (exact) mass is 369 g/mol. The first-order valence-electron chi connectivity index (χ1n) is 10.5. The van der Waals surface area contributed by atoms with E-state index in [-0.39, 0.29) is 12.0 Å². The van der Waals surface area contributed by atoms with Gasteiger partial charge in [-0.05, 0) is 51.4 Å². The Bertz CT molecular complexity index is 417. The van der Waals surface area contributed by atoms with Crippen molar-refractivity contribution in [3.8, 4) is 0 Å². The molecule has 1 atom stereocenters. The number of nitrogens with one attached hydrogen (secondary N) is 2. The summed E-state index contributed by atoms with van der Waals surface area (Å²) in [7, 11) is 0. The van der Waals surface area contributed by atoms with Crippen LogP contribution in [0, 0.1) is 10.8 Å². The van der Waals surface area contributed by atoms with Crippen LogP contribution < -0.4 is 10.6 Å². The van der Waals surface area contributed by atoms with E-state index in [0.29, 0.717) is 18.6 Å². The lowest BCUT2D eigenvalue weighted by Crippen LogP contribution is -2.44. The first kappa shape index (κ1) is 21.5. The third-order valence-corrected chi connectivity index (χ3v) is 6.02. The number of nitrogens with zero attached hydrogens (tertiary/aromatic N) is 1. The quantitative estimate of drug-likeness (QED) is 0.296. The first-order chi connectivity index (χ1) is 12.7. The molecule has 1 saturated carbocycles. The summed E-state index contributed by atoms with van der Waals surface area (Å²) in [5.41, 5.74) is 0.335. The van der Waals surface area contributed by atoms with Crippen molar-refractivity contribution in [3.05, 3.63) is 0 Å². The van der Waals surface area contributed by atoms with E-state index in [1.807, 2.05) is 0 Å². The molecule has 0 radical (unpaired) electrons. The van der Waals surface area contributed by atoms with Gasteiger partial charge in [0.15, 0.2) is 5.96 Å². The summed E-state index contributed by atoms with van der Waals surface area (Å²) in [6.45, 7) is 9.99. The Labute approximate surface area is 159 Å². The van der Waals surface area contributed by atoms with Crippen LogP contribution in [0.3, 0.4) is 0 Å². The molecule has 0 aromatic heterocycles. The molecule has 6 heteroatoms. The minimum absolute atomic E-state index is 0.00286. The number of hydrogen-bond donors (Lipinski definition) is 3. The molecule has 2 fully saturated rings. The predicted octanol–water partition coefficient (Wildman–Crippen LogP) is 2.32. The topological polar surface area (TPSA) is 75.1 Å². The summed E-state index contributed by atoms with van der Waals surface area (Å²) in [5, 5.41) is 16.4. The summed E-state index contributed by atoms with van der Waals surface area (Å²) in [5.74, 6) is 0.888.